The predicted molar refractivity (Wildman–Crippen MR) is 131 cm³/mol. The van der Waals surface area contributed by atoms with Crippen LogP contribution < -0.4 is 19.7 Å². The third-order valence-corrected chi connectivity index (χ3v) is 5.00. The van der Waals surface area contributed by atoms with Gasteiger partial charge in [-0.3, -0.25) is 0 Å². The number of aromatic nitrogens is 3. The van der Waals surface area contributed by atoms with Gasteiger partial charge >= 0.3 is 0 Å². The van der Waals surface area contributed by atoms with Crippen LogP contribution in [-0.2, 0) is 6.61 Å². The number of fused-ring (bicyclic) bond motifs is 1. The molecule has 0 radical (unpaired) electrons. The lowest BCUT2D eigenvalue weighted by molar-refractivity contribution is 0.285. The summed E-state index contributed by atoms with van der Waals surface area (Å²) >= 11 is 5.84. The average Bonchev–Trinajstić information content (AvgIpc) is 2.79. The highest BCUT2D eigenvalue weighted by molar-refractivity contribution is 6.30. The molecule has 0 saturated carbocycles. The Kier molecular flexibility index (Phi) is 7.73. The van der Waals surface area contributed by atoms with E-state index in [0.29, 0.717) is 39.8 Å². The van der Waals surface area contributed by atoms with Crippen molar-refractivity contribution >= 4 is 52.2 Å². The second-order valence-corrected chi connectivity index (χ2v) is 7.63. The van der Waals surface area contributed by atoms with Crippen molar-refractivity contribution < 1.29 is 13.9 Å². The molecule has 0 fully saturated rings. The zero-order valence-electron chi connectivity index (χ0n) is 18.2. The molecule has 0 aliphatic heterocycles. The molecule has 0 aliphatic rings. The molecule has 0 saturated heterocycles. The molecule has 0 aliphatic carbocycles. The largest absolute Gasteiger partial charge is 0.493 e. The molecule has 2 aromatic heterocycles. The Morgan fingerprint density at radius 1 is 1.03 bits per heavy atom. The first-order valence-corrected chi connectivity index (χ1v) is 10.1. The molecule has 33 heavy (non-hydrogen) atoms. The highest BCUT2D eigenvalue weighted by Gasteiger charge is 2.14. The van der Waals surface area contributed by atoms with Crippen LogP contribution in [0, 0.1) is 5.82 Å². The summed E-state index contributed by atoms with van der Waals surface area (Å²) in [6.45, 7) is 0.331. The first kappa shape index (κ1) is 24.3. The maximum Gasteiger partial charge on any atom is 0.163 e. The van der Waals surface area contributed by atoms with Gasteiger partial charge in [-0.05, 0) is 42.0 Å². The number of hydrogen-bond donors (Lipinski definition) is 1. The first-order valence-electron chi connectivity index (χ1n) is 9.74. The summed E-state index contributed by atoms with van der Waals surface area (Å²) in [6, 6.07) is 11.8. The van der Waals surface area contributed by atoms with Crippen molar-refractivity contribution in [3.63, 3.8) is 0 Å². The summed E-state index contributed by atoms with van der Waals surface area (Å²) in [5, 5.41) is 3.97. The highest BCUT2D eigenvalue weighted by atomic mass is 35.5. The van der Waals surface area contributed by atoms with Crippen molar-refractivity contribution in [2.24, 2.45) is 0 Å². The molecular formula is C23H22Cl2FN5O2. The number of nitrogens with one attached hydrogen (secondary N) is 1. The lowest BCUT2D eigenvalue weighted by atomic mass is 10.2. The van der Waals surface area contributed by atoms with Crippen molar-refractivity contribution in [1.82, 2.24) is 15.0 Å². The van der Waals surface area contributed by atoms with Crippen LogP contribution in [0.15, 0.2) is 55.0 Å². The van der Waals surface area contributed by atoms with E-state index in [2.05, 4.69) is 20.3 Å². The predicted octanol–water partition coefficient (Wildman–Crippen LogP) is 5.64. The number of anilines is 3. The van der Waals surface area contributed by atoms with Gasteiger partial charge in [-0.25, -0.2) is 19.3 Å². The minimum atomic E-state index is -0.481. The van der Waals surface area contributed by atoms with Gasteiger partial charge in [0.15, 0.2) is 11.5 Å². The molecule has 0 unspecified atom stereocenters. The van der Waals surface area contributed by atoms with E-state index in [4.69, 9.17) is 21.1 Å². The number of hydrogen-bond acceptors (Lipinski definition) is 7. The number of nitrogens with zero attached hydrogens (tertiary/aromatic N) is 4. The van der Waals surface area contributed by atoms with Crippen LogP contribution in [0.5, 0.6) is 11.5 Å². The molecule has 1 N–H and O–H groups in total. The second kappa shape index (κ2) is 10.5. The van der Waals surface area contributed by atoms with Crippen LogP contribution >= 0.6 is 24.0 Å². The van der Waals surface area contributed by atoms with E-state index in [1.54, 1.807) is 37.6 Å². The van der Waals surface area contributed by atoms with Gasteiger partial charge in [-0.1, -0.05) is 11.6 Å². The molecule has 4 rings (SSSR count). The monoisotopic (exact) mass is 489 g/mol. The summed E-state index contributed by atoms with van der Waals surface area (Å²) in [4.78, 5) is 14.8. The molecule has 2 aromatic carbocycles. The third-order valence-electron chi connectivity index (χ3n) is 4.77. The summed E-state index contributed by atoms with van der Waals surface area (Å²) in [7, 11) is 5.42. The Balaban J connectivity index is 0.00000306. The van der Waals surface area contributed by atoms with Gasteiger partial charge in [-0.2, -0.15) is 0 Å². The topological polar surface area (TPSA) is 72.4 Å². The fourth-order valence-electron chi connectivity index (χ4n) is 3.11. The van der Waals surface area contributed by atoms with E-state index in [1.165, 1.54) is 12.4 Å². The number of rotatable bonds is 7. The van der Waals surface area contributed by atoms with Crippen molar-refractivity contribution in [3.8, 4) is 11.5 Å². The lowest BCUT2D eigenvalue weighted by Gasteiger charge is -2.15. The van der Waals surface area contributed by atoms with Crippen LogP contribution in [0.1, 0.15) is 5.56 Å². The van der Waals surface area contributed by atoms with Crippen molar-refractivity contribution in [3.05, 3.63) is 71.4 Å². The van der Waals surface area contributed by atoms with Gasteiger partial charge < -0.3 is 19.7 Å². The van der Waals surface area contributed by atoms with E-state index in [0.717, 1.165) is 11.4 Å². The Bertz CT molecular complexity index is 1270. The maximum atomic E-state index is 14.2. The normalized spacial score (nSPS) is 10.5. The Morgan fingerprint density at radius 3 is 2.58 bits per heavy atom. The van der Waals surface area contributed by atoms with Crippen LogP contribution in [0.2, 0.25) is 5.02 Å². The zero-order chi connectivity index (χ0) is 22.7. The summed E-state index contributed by atoms with van der Waals surface area (Å²) in [5.41, 5.74) is 1.84. The molecule has 10 heteroatoms. The maximum absolute atomic E-state index is 14.2. The zero-order valence-corrected chi connectivity index (χ0v) is 19.7. The quantitative estimate of drug-likeness (QED) is 0.360. The van der Waals surface area contributed by atoms with Gasteiger partial charge in [0, 0.05) is 36.8 Å². The van der Waals surface area contributed by atoms with Crippen molar-refractivity contribution in [2.75, 3.05) is 31.4 Å². The van der Waals surface area contributed by atoms with Gasteiger partial charge in [0.05, 0.1) is 18.3 Å². The standard InChI is InChI=1S/C23H21ClFN5O2.ClH/c1-30(2)22-8-14(6-7-26-22)12-32-21-11-19-16(10-20(21)31-3)23(28-13-27-19)29-18-5-4-15(24)9-17(18)25;/h4-11,13H,12H2,1-3H3,(H,27,28,29);1H. The SMILES string of the molecule is COc1cc2c(Nc3ccc(Cl)cc3F)ncnc2cc1OCc1ccnc(N(C)C)c1.Cl. The molecule has 2 heterocycles. The smallest absolute Gasteiger partial charge is 0.163 e. The number of benzene rings is 2. The molecule has 0 amide bonds. The van der Waals surface area contributed by atoms with Crippen molar-refractivity contribution in [2.45, 2.75) is 6.61 Å². The summed E-state index contributed by atoms with van der Waals surface area (Å²) in [5.74, 6) is 1.84. The molecule has 7 nitrogen and oxygen atoms in total. The fraction of sp³-hybridized carbons (Fsp3) is 0.174. The van der Waals surface area contributed by atoms with Crippen LogP contribution in [0.4, 0.5) is 21.7 Å². The van der Waals surface area contributed by atoms with Gasteiger partial charge in [0.2, 0.25) is 0 Å². The first-order chi connectivity index (χ1) is 15.4. The molecule has 172 valence electrons. The number of pyridine rings is 1. The van der Waals surface area contributed by atoms with E-state index >= 15 is 0 Å². The Morgan fingerprint density at radius 2 is 1.85 bits per heavy atom. The Labute approximate surface area is 202 Å². The van der Waals surface area contributed by atoms with Gasteiger partial charge in [0.25, 0.3) is 0 Å². The van der Waals surface area contributed by atoms with Crippen LogP contribution in [0.25, 0.3) is 10.9 Å². The average molecular weight is 490 g/mol. The number of methoxy groups -OCH3 is 1. The van der Waals surface area contributed by atoms with E-state index in [-0.39, 0.29) is 18.1 Å². The Hall–Kier alpha value is -3.36. The van der Waals surface area contributed by atoms with Crippen LogP contribution in [0.3, 0.4) is 0 Å². The molecule has 0 atom stereocenters. The highest BCUT2D eigenvalue weighted by Crippen LogP contribution is 2.35. The molecule has 4 aromatic rings. The molecule has 0 bridgehead atoms. The minimum absolute atomic E-state index is 0. The third kappa shape index (κ3) is 5.53. The van der Waals surface area contributed by atoms with E-state index in [9.17, 15) is 4.39 Å². The van der Waals surface area contributed by atoms with E-state index in [1.807, 2.05) is 31.1 Å². The second-order valence-electron chi connectivity index (χ2n) is 7.20. The number of halogens is 3. The molecule has 0 spiro atoms. The van der Waals surface area contributed by atoms with Gasteiger partial charge in [-0.15, -0.1) is 12.4 Å². The van der Waals surface area contributed by atoms with Crippen LogP contribution in [-0.4, -0.2) is 36.2 Å². The van der Waals surface area contributed by atoms with Crippen molar-refractivity contribution in [1.29, 1.82) is 0 Å². The van der Waals surface area contributed by atoms with E-state index < -0.39 is 5.82 Å². The lowest BCUT2D eigenvalue weighted by Crippen LogP contribution is -2.11. The minimum Gasteiger partial charge on any atom is -0.493 e. The summed E-state index contributed by atoms with van der Waals surface area (Å²) in [6.07, 6.45) is 3.15. The number of ether oxygens (including phenoxy) is 2. The molecular weight excluding hydrogens is 468 g/mol. The summed E-state index contributed by atoms with van der Waals surface area (Å²) < 4.78 is 25.8. The fourth-order valence-corrected chi connectivity index (χ4v) is 3.27. The van der Waals surface area contributed by atoms with Gasteiger partial charge in [0.1, 0.15) is 30.4 Å².